The molecule has 2 atom stereocenters. The Kier molecular flexibility index (Phi) is 4.58. The number of aldehydes is 1. The number of carbonyl (C=O) groups excluding carboxylic acids is 4. The van der Waals surface area contributed by atoms with E-state index in [0.29, 0.717) is 11.3 Å². The van der Waals surface area contributed by atoms with Crippen LogP contribution in [-0.2, 0) is 24.5 Å². The van der Waals surface area contributed by atoms with Crippen LogP contribution in [0.3, 0.4) is 0 Å². The first-order valence-corrected chi connectivity index (χ1v) is 11.7. The molecule has 0 aromatic heterocycles. The molecule has 2 amide bonds. The van der Waals surface area contributed by atoms with Crippen LogP contribution in [0.1, 0.15) is 52.4 Å². The third kappa shape index (κ3) is 2.71. The van der Waals surface area contributed by atoms with E-state index in [0.717, 1.165) is 28.5 Å². The predicted octanol–water partition coefficient (Wildman–Crippen LogP) is 4.00. The Hall–Kier alpha value is -4.06. The van der Waals surface area contributed by atoms with Crippen LogP contribution in [0.2, 0.25) is 0 Å². The lowest BCUT2D eigenvalue weighted by atomic mass is 9.48. The molecule has 7 rings (SSSR count). The molecule has 2 bridgehead atoms. The smallest absolute Gasteiger partial charge is 0.338 e. The quantitative estimate of drug-likeness (QED) is 0.331. The first kappa shape index (κ1) is 21.5. The maximum atomic E-state index is 13.9. The van der Waals surface area contributed by atoms with Gasteiger partial charge in [0.15, 0.2) is 0 Å². The van der Waals surface area contributed by atoms with Crippen LogP contribution >= 0.6 is 0 Å². The second kappa shape index (κ2) is 7.47. The Balaban J connectivity index is 1.48. The number of nitrogens with zero attached hydrogens (tertiary/aromatic N) is 1. The fourth-order valence-corrected chi connectivity index (χ4v) is 6.31. The summed E-state index contributed by atoms with van der Waals surface area (Å²) in [5, 5.41) is 0. The van der Waals surface area contributed by atoms with Gasteiger partial charge < -0.3 is 9.53 Å². The summed E-state index contributed by atoms with van der Waals surface area (Å²) in [5.41, 5.74) is 2.94. The van der Waals surface area contributed by atoms with E-state index in [1.54, 1.807) is 38.1 Å². The average Bonchev–Trinajstić information content (AvgIpc) is 3.14. The van der Waals surface area contributed by atoms with E-state index in [1.165, 1.54) is 4.90 Å². The Bertz CT molecular complexity index is 1360. The highest BCUT2D eigenvalue weighted by atomic mass is 16.5. The molecule has 1 saturated heterocycles. The van der Waals surface area contributed by atoms with Crippen LogP contribution in [-0.4, -0.2) is 30.2 Å². The molecule has 3 aromatic rings. The van der Waals surface area contributed by atoms with Gasteiger partial charge in [-0.3, -0.25) is 9.59 Å². The Morgan fingerprint density at radius 1 is 0.886 bits per heavy atom. The minimum atomic E-state index is -1.23. The SMILES string of the molecule is CC(C)OC(=O)c1ccc(N2C(=O)[C@@H]3[C@@H](C2=O)C2c4ccccc4C3(C=O)c3ccccc32)cc1. The number of esters is 1. The molecule has 3 aliphatic carbocycles. The van der Waals surface area contributed by atoms with Crippen molar-refractivity contribution in [3.05, 3.63) is 101 Å². The van der Waals surface area contributed by atoms with E-state index in [2.05, 4.69) is 0 Å². The van der Waals surface area contributed by atoms with Crippen molar-refractivity contribution >= 4 is 29.8 Å². The zero-order valence-electron chi connectivity index (χ0n) is 19.3. The number of ether oxygens (including phenoxy) is 1. The summed E-state index contributed by atoms with van der Waals surface area (Å²) in [7, 11) is 0. The van der Waals surface area contributed by atoms with E-state index >= 15 is 0 Å². The highest BCUT2D eigenvalue weighted by molar-refractivity contribution is 6.24. The highest BCUT2D eigenvalue weighted by Gasteiger charge is 2.68. The third-order valence-electron chi connectivity index (χ3n) is 7.57. The second-order valence-corrected chi connectivity index (χ2v) is 9.66. The van der Waals surface area contributed by atoms with E-state index in [-0.39, 0.29) is 17.9 Å². The van der Waals surface area contributed by atoms with Crippen molar-refractivity contribution in [3.63, 3.8) is 0 Å². The van der Waals surface area contributed by atoms with Crippen LogP contribution in [0.4, 0.5) is 5.69 Å². The van der Waals surface area contributed by atoms with Crippen molar-refractivity contribution in [1.29, 1.82) is 0 Å². The number of amides is 2. The van der Waals surface area contributed by atoms with Crippen molar-refractivity contribution in [2.75, 3.05) is 4.90 Å². The summed E-state index contributed by atoms with van der Waals surface area (Å²) in [6.45, 7) is 3.53. The minimum absolute atomic E-state index is 0.259. The topological polar surface area (TPSA) is 80.8 Å². The summed E-state index contributed by atoms with van der Waals surface area (Å²) < 4.78 is 5.23. The molecular weight excluding hydrogens is 442 g/mol. The molecule has 0 radical (unpaired) electrons. The molecule has 0 N–H and O–H groups in total. The van der Waals surface area contributed by atoms with Gasteiger partial charge in [-0.2, -0.15) is 0 Å². The average molecular weight is 466 g/mol. The molecule has 0 saturated carbocycles. The van der Waals surface area contributed by atoms with Crippen LogP contribution in [0.25, 0.3) is 0 Å². The molecule has 1 fully saturated rings. The molecule has 1 heterocycles. The third-order valence-corrected chi connectivity index (χ3v) is 7.57. The highest BCUT2D eigenvalue weighted by Crippen LogP contribution is 2.63. The molecule has 35 heavy (non-hydrogen) atoms. The zero-order valence-corrected chi connectivity index (χ0v) is 19.3. The number of hydrogen-bond donors (Lipinski definition) is 0. The van der Waals surface area contributed by atoms with Gasteiger partial charge in [0, 0.05) is 5.92 Å². The number of hydrogen-bond acceptors (Lipinski definition) is 5. The van der Waals surface area contributed by atoms with Crippen molar-refractivity contribution in [2.24, 2.45) is 11.8 Å². The lowest BCUT2D eigenvalue weighted by Crippen LogP contribution is -2.54. The second-order valence-electron chi connectivity index (χ2n) is 9.66. The van der Waals surface area contributed by atoms with Crippen molar-refractivity contribution in [2.45, 2.75) is 31.3 Å². The summed E-state index contributed by atoms with van der Waals surface area (Å²) >= 11 is 0. The Morgan fingerprint density at radius 2 is 1.46 bits per heavy atom. The molecule has 3 aromatic carbocycles. The first-order chi connectivity index (χ1) is 16.9. The largest absolute Gasteiger partial charge is 0.459 e. The van der Waals surface area contributed by atoms with Crippen molar-refractivity contribution in [3.8, 4) is 0 Å². The number of imide groups is 1. The van der Waals surface area contributed by atoms with E-state index in [9.17, 15) is 19.2 Å². The number of carbonyl (C=O) groups is 4. The Morgan fingerprint density at radius 3 is 2.00 bits per heavy atom. The van der Waals surface area contributed by atoms with Gasteiger partial charge in [-0.05, 0) is 60.4 Å². The summed E-state index contributed by atoms with van der Waals surface area (Å²) in [4.78, 5) is 54.2. The Labute approximate surface area is 202 Å². The molecule has 0 spiro atoms. The van der Waals surface area contributed by atoms with Gasteiger partial charge in [-0.15, -0.1) is 0 Å². The number of anilines is 1. The van der Waals surface area contributed by atoms with E-state index in [4.69, 9.17) is 4.74 Å². The molecule has 4 aliphatic rings. The van der Waals surface area contributed by atoms with Gasteiger partial charge in [0.25, 0.3) is 0 Å². The van der Waals surface area contributed by atoms with Crippen LogP contribution in [0.15, 0.2) is 72.8 Å². The van der Waals surface area contributed by atoms with Crippen LogP contribution in [0, 0.1) is 11.8 Å². The maximum Gasteiger partial charge on any atom is 0.338 e. The van der Waals surface area contributed by atoms with Crippen LogP contribution < -0.4 is 4.90 Å². The molecule has 0 unspecified atom stereocenters. The molecule has 1 aliphatic heterocycles. The van der Waals surface area contributed by atoms with Crippen LogP contribution in [0.5, 0.6) is 0 Å². The summed E-state index contributed by atoms with van der Waals surface area (Å²) in [5.74, 6) is -2.99. The van der Waals surface area contributed by atoms with Gasteiger partial charge in [-0.25, -0.2) is 9.69 Å². The lowest BCUT2D eigenvalue weighted by molar-refractivity contribution is -0.128. The predicted molar refractivity (Wildman–Crippen MR) is 128 cm³/mol. The summed E-state index contributed by atoms with van der Waals surface area (Å²) in [6.07, 6.45) is 0.600. The van der Waals surface area contributed by atoms with Gasteiger partial charge in [0.1, 0.15) is 6.29 Å². The fraction of sp³-hybridized carbons (Fsp3) is 0.241. The monoisotopic (exact) mass is 465 g/mol. The van der Waals surface area contributed by atoms with Crippen molar-refractivity contribution < 1.29 is 23.9 Å². The lowest BCUT2D eigenvalue weighted by Gasteiger charge is -2.51. The standard InChI is InChI=1S/C29H23NO5/c1-16(2)35-28(34)17-11-13-18(14-12-17)30-26(32)24-23-19-7-3-5-9-21(19)29(15-31,25(24)27(30)33)22-10-6-4-8-20(22)23/h3-16,23-25H,1-2H3/t23?,24-,25-,29?/m0/s1. The maximum absolute atomic E-state index is 13.9. The number of rotatable bonds is 4. The van der Waals surface area contributed by atoms with Gasteiger partial charge >= 0.3 is 5.97 Å². The van der Waals surface area contributed by atoms with Crippen molar-refractivity contribution in [1.82, 2.24) is 0 Å². The normalized spacial score (nSPS) is 25.8. The summed E-state index contributed by atoms with van der Waals surface area (Å²) in [6, 6.07) is 21.5. The molecule has 6 nitrogen and oxygen atoms in total. The first-order valence-electron chi connectivity index (χ1n) is 11.7. The fourth-order valence-electron chi connectivity index (χ4n) is 6.31. The number of benzene rings is 3. The molecule has 174 valence electrons. The van der Waals surface area contributed by atoms with Gasteiger partial charge in [-0.1, -0.05) is 48.5 Å². The van der Waals surface area contributed by atoms with E-state index < -0.39 is 29.1 Å². The zero-order chi connectivity index (χ0) is 24.5. The van der Waals surface area contributed by atoms with E-state index in [1.807, 2.05) is 48.5 Å². The molecule has 6 heteroatoms. The van der Waals surface area contributed by atoms with Gasteiger partial charge in [0.2, 0.25) is 11.8 Å². The minimum Gasteiger partial charge on any atom is -0.459 e. The molecular formula is C29H23NO5. The van der Waals surface area contributed by atoms with Gasteiger partial charge in [0.05, 0.1) is 34.6 Å².